The third-order valence-electron chi connectivity index (χ3n) is 2.44. The van der Waals surface area contributed by atoms with Crippen molar-refractivity contribution in [3.8, 4) is 0 Å². The van der Waals surface area contributed by atoms with Crippen molar-refractivity contribution in [3.63, 3.8) is 0 Å². The van der Waals surface area contributed by atoms with Crippen molar-refractivity contribution in [3.05, 3.63) is 0 Å². The second kappa shape index (κ2) is 4.29. The molecule has 0 unspecified atom stereocenters. The van der Waals surface area contributed by atoms with Crippen molar-refractivity contribution >= 4 is 13.0 Å². The number of likely N-dealkylation sites (tertiary alicyclic amines) is 1. The highest BCUT2D eigenvalue weighted by Gasteiger charge is 2.41. The third kappa shape index (κ3) is 2.26. The zero-order valence-corrected chi connectivity index (χ0v) is 8.42. The van der Waals surface area contributed by atoms with Crippen LogP contribution in [0.3, 0.4) is 0 Å². The first-order valence-electron chi connectivity index (χ1n) is 4.78. The molecule has 1 fully saturated rings. The standard InChI is InChI=1S/C8H16BNO4/c1-5(2)8(12)10-4-6(11)3-7(10)9(13)14/h5-7,11,13-14H,3-4H2,1-2H3/t6-,7+/m1/s1. The molecule has 0 bridgehead atoms. The van der Waals surface area contributed by atoms with Crippen LogP contribution in [-0.4, -0.2) is 51.7 Å². The molecule has 1 aliphatic heterocycles. The van der Waals surface area contributed by atoms with Gasteiger partial charge in [0.15, 0.2) is 0 Å². The van der Waals surface area contributed by atoms with E-state index in [1.807, 2.05) is 0 Å². The van der Waals surface area contributed by atoms with Crippen molar-refractivity contribution in [2.75, 3.05) is 6.54 Å². The van der Waals surface area contributed by atoms with Crippen molar-refractivity contribution in [1.82, 2.24) is 4.90 Å². The molecule has 0 aromatic rings. The topological polar surface area (TPSA) is 81.0 Å². The number of carbonyl (C=O) groups excluding carboxylic acids is 1. The van der Waals surface area contributed by atoms with Gasteiger partial charge in [-0.05, 0) is 6.42 Å². The van der Waals surface area contributed by atoms with Crippen molar-refractivity contribution in [2.24, 2.45) is 5.92 Å². The third-order valence-corrected chi connectivity index (χ3v) is 2.44. The molecular formula is C8H16BNO4. The summed E-state index contributed by atoms with van der Waals surface area (Å²) in [5.41, 5.74) is 0. The Hall–Kier alpha value is -0.585. The molecule has 0 radical (unpaired) electrons. The number of aliphatic hydroxyl groups excluding tert-OH is 1. The van der Waals surface area contributed by atoms with Crippen LogP contribution in [0.4, 0.5) is 0 Å². The van der Waals surface area contributed by atoms with Gasteiger partial charge in [0, 0.05) is 12.5 Å². The first-order valence-corrected chi connectivity index (χ1v) is 4.78. The minimum absolute atomic E-state index is 0.153. The summed E-state index contributed by atoms with van der Waals surface area (Å²) >= 11 is 0. The fraction of sp³-hybridized carbons (Fsp3) is 0.875. The predicted molar refractivity (Wildman–Crippen MR) is 51.2 cm³/mol. The summed E-state index contributed by atoms with van der Waals surface area (Å²) in [6, 6.07) is 0. The number of hydrogen-bond acceptors (Lipinski definition) is 4. The molecule has 6 heteroatoms. The summed E-state index contributed by atoms with van der Waals surface area (Å²) in [5.74, 6) is -1.01. The minimum atomic E-state index is -1.57. The number of β-amino-alcohol motifs (C(OH)–C–C–N with tert-alkyl or cyclic N) is 1. The Labute approximate surface area is 83.5 Å². The molecule has 1 heterocycles. The first-order chi connectivity index (χ1) is 6.43. The molecule has 0 aliphatic carbocycles. The summed E-state index contributed by atoms with van der Waals surface area (Å²) < 4.78 is 0. The molecule has 1 saturated heterocycles. The molecule has 1 rings (SSSR count). The Morgan fingerprint density at radius 2 is 2.07 bits per heavy atom. The van der Waals surface area contributed by atoms with E-state index in [1.165, 1.54) is 4.90 Å². The zero-order valence-electron chi connectivity index (χ0n) is 8.42. The van der Waals surface area contributed by atoms with E-state index in [-0.39, 0.29) is 24.8 Å². The van der Waals surface area contributed by atoms with Crippen LogP contribution < -0.4 is 0 Å². The summed E-state index contributed by atoms with van der Waals surface area (Å²) in [6.45, 7) is 3.68. The van der Waals surface area contributed by atoms with Gasteiger partial charge in [-0.1, -0.05) is 13.8 Å². The van der Waals surface area contributed by atoms with Crippen LogP contribution in [0.2, 0.25) is 0 Å². The lowest BCUT2D eigenvalue weighted by molar-refractivity contribution is -0.134. The van der Waals surface area contributed by atoms with Gasteiger partial charge >= 0.3 is 7.12 Å². The number of nitrogens with zero attached hydrogens (tertiary/aromatic N) is 1. The van der Waals surface area contributed by atoms with E-state index in [1.54, 1.807) is 13.8 Å². The molecule has 5 nitrogen and oxygen atoms in total. The van der Waals surface area contributed by atoms with Crippen LogP contribution in [-0.2, 0) is 4.79 Å². The van der Waals surface area contributed by atoms with Crippen LogP contribution >= 0.6 is 0 Å². The van der Waals surface area contributed by atoms with Crippen molar-refractivity contribution < 1.29 is 19.9 Å². The summed E-state index contributed by atoms with van der Waals surface area (Å²) in [4.78, 5) is 12.9. The molecule has 0 aromatic heterocycles. The van der Waals surface area contributed by atoms with Crippen LogP contribution in [0, 0.1) is 5.92 Å². The highest BCUT2D eigenvalue weighted by molar-refractivity contribution is 6.43. The van der Waals surface area contributed by atoms with Gasteiger partial charge in [-0.3, -0.25) is 4.79 Å². The van der Waals surface area contributed by atoms with Gasteiger partial charge < -0.3 is 20.1 Å². The number of carbonyl (C=O) groups is 1. The Morgan fingerprint density at radius 1 is 1.50 bits per heavy atom. The lowest BCUT2D eigenvalue weighted by atomic mass is 9.77. The van der Waals surface area contributed by atoms with Crippen molar-refractivity contribution in [1.29, 1.82) is 0 Å². The predicted octanol–water partition coefficient (Wildman–Crippen LogP) is -1.38. The SMILES string of the molecule is CC(C)C(=O)N1C[C@H](O)C[C@H]1B(O)O. The fourth-order valence-electron chi connectivity index (χ4n) is 1.71. The average Bonchev–Trinajstić information content (AvgIpc) is 2.45. The van der Waals surface area contributed by atoms with E-state index < -0.39 is 19.2 Å². The second-order valence-electron chi connectivity index (χ2n) is 4.02. The van der Waals surface area contributed by atoms with Gasteiger partial charge in [-0.25, -0.2) is 0 Å². The summed E-state index contributed by atoms with van der Waals surface area (Å²) in [6.07, 6.45) is -0.416. The van der Waals surface area contributed by atoms with Gasteiger partial charge in [-0.15, -0.1) is 0 Å². The first kappa shape index (κ1) is 11.5. The van der Waals surface area contributed by atoms with E-state index in [4.69, 9.17) is 10.0 Å². The fourth-order valence-corrected chi connectivity index (χ4v) is 1.71. The molecule has 3 N–H and O–H groups in total. The number of rotatable bonds is 2. The van der Waals surface area contributed by atoms with Crippen molar-refractivity contribution in [2.45, 2.75) is 32.3 Å². The highest BCUT2D eigenvalue weighted by atomic mass is 16.4. The molecule has 0 aromatic carbocycles. The lowest BCUT2D eigenvalue weighted by Crippen LogP contribution is -2.47. The average molecular weight is 201 g/mol. The molecule has 0 spiro atoms. The normalized spacial score (nSPS) is 27.1. The van der Waals surface area contributed by atoms with Crippen LogP contribution in [0.25, 0.3) is 0 Å². The quantitative estimate of drug-likeness (QED) is 0.481. The Morgan fingerprint density at radius 3 is 2.50 bits per heavy atom. The largest absolute Gasteiger partial charge is 0.475 e. The second-order valence-corrected chi connectivity index (χ2v) is 4.02. The zero-order chi connectivity index (χ0) is 10.9. The maximum absolute atomic E-state index is 11.6. The van der Waals surface area contributed by atoms with Gasteiger partial charge in [0.1, 0.15) is 0 Å². The van der Waals surface area contributed by atoms with Gasteiger partial charge in [0.25, 0.3) is 0 Å². The van der Waals surface area contributed by atoms with Crippen LogP contribution in [0.5, 0.6) is 0 Å². The Kier molecular flexibility index (Phi) is 3.52. The van der Waals surface area contributed by atoms with Crippen LogP contribution in [0.15, 0.2) is 0 Å². The Bertz CT molecular complexity index is 221. The molecule has 80 valence electrons. The number of hydrogen-bond donors (Lipinski definition) is 3. The van der Waals surface area contributed by atoms with Crippen LogP contribution in [0.1, 0.15) is 20.3 Å². The van der Waals surface area contributed by atoms with Gasteiger partial charge in [-0.2, -0.15) is 0 Å². The Balaban J connectivity index is 2.71. The van der Waals surface area contributed by atoms with E-state index in [0.717, 1.165) is 0 Å². The van der Waals surface area contributed by atoms with E-state index in [0.29, 0.717) is 0 Å². The number of amides is 1. The number of aliphatic hydroxyl groups is 1. The highest BCUT2D eigenvalue weighted by Crippen LogP contribution is 2.20. The molecule has 1 aliphatic rings. The summed E-state index contributed by atoms with van der Waals surface area (Å²) in [7, 11) is -1.57. The van der Waals surface area contributed by atoms with E-state index in [9.17, 15) is 9.90 Å². The molecular weight excluding hydrogens is 185 g/mol. The smallest absolute Gasteiger partial charge is 0.426 e. The van der Waals surface area contributed by atoms with E-state index in [2.05, 4.69) is 0 Å². The maximum atomic E-state index is 11.6. The lowest BCUT2D eigenvalue weighted by Gasteiger charge is -2.25. The summed E-state index contributed by atoms with van der Waals surface area (Å²) in [5, 5.41) is 27.4. The molecule has 0 saturated carbocycles. The van der Waals surface area contributed by atoms with Gasteiger partial charge in [0.05, 0.1) is 12.0 Å². The minimum Gasteiger partial charge on any atom is -0.426 e. The van der Waals surface area contributed by atoms with Gasteiger partial charge in [0.2, 0.25) is 5.91 Å². The molecule has 2 atom stereocenters. The maximum Gasteiger partial charge on any atom is 0.475 e. The van der Waals surface area contributed by atoms with E-state index >= 15 is 0 Å². The monoisotopic (exact) mass is 201 g/mol. The molecule has 1 amide bonds. The molecule has 14 heavy (non-hydrogen) atoms.